The van der Waals surface area contributed by atoms with Gasteiger partial charge in [0.15, 0.2) is 0 Å². The largest absolute Gasteiger partial charge is 0.373 e. The van der Waals surface area contributed by atoms with Gasteiger partial charge in [-0.1, -0.05) is 0 Å². The van der Waals surface area contributed by atoms with Crippen LogP contribution in [0.5, 0.6) is 0 Å². The van der Waals surface area contributed by atoms with E-state index in [9.17, 15) is 8.42 Å². The van der Waals surface area contributed by atoms with Gasteiger partial charge >= 0.3 is 0 Å². The molecule has 2 aliphatic heterocycles. The standard InChI is InChI=1S/C17H25N3O3S/c21-24(22,16-1-2-16)19-15-5-10-23-17(11-15)6-9-20(13-17)12-14-3-7-18-8-4-14/h3-4,7-8,15-16,19H,1-2,5-6,9-13H2/t15-,17-/m1/s1. The molecule has 1 N–H and O–H groups in total. The monoisotopic (exact) mass is 351 g/mol. The molecule has 0 aromatic carbocycles. The smallest absolute Gasteiger partial charge is 0.214 e. The van der Waals surface area contributed by atoms with E-state index in [1.165, 1.54) is 5.56 Å². The van der Waals surface area contributed by atoms with Crippen molar-refractivity contribution in [2.45, 2.75) is 55.5 Å². The van der Waals surface area contributed by atoms with E-state index in [1.807, 2.05) is 24.5 Å². The normalized spacial score (nSPS) is 31.6. The minimum Gasteiger partial charge on any atom is -0.373 e. The highest BCUT2D eigenvalue weighted by Gasteiger charge is 2.45. The van der Waals surface area contributed by atoms with Gasteiger partial charge in [-0.15, -0.1) is 0 Å². The molecule has 3 heterocycles. The highest BCUT2D eigenvalue weighted by atomic mass is 32.2. The van der Waals surface area contributed by atoms with Crippen LogP contribution in [0, 0.1) is 0 Å². The van der Waals surface area contributed by atoms with E-state index in [-0.39, 0.29) is 16.9 Å². The van der Waals surface area contributed by atoms with Gasteiger partial charge in [0, 0.05) is 44.7 Å². The van der Waals surface area contributed by atoms with Crippen molar-refractivity contribution < 1.29 is 13.2 Å². The van der Waals surface area contributed by atoms with E-state index in [0.717, 1.165) is 51.7 Å². The van der Waals surface area contributed by atoms with Crippen LogP contribution in [0.3, 0.4) is 0 Å². The fraction of sp³-hybridized carbons (Fsp3) is 0.706. The maximum atomic E-state index is 12.2. The Bertz CT molecular complexity index is 678. The van der Waals surface area contributed by atoms with Crippen molar-refractivity contribution in [3.05, 3.63) is 30.1 Å². The molecule has 2 saturated heterocycles. The first-order valence-electron chi connectivity index (χ1n) is 8.81. The second-order valence-electron chi connectivity index (χ2n) is 7.40. The van der Waals surface area contributed by atoms with Gasteiger partial charge in [0.1, 0.15) is 0 Å². The van der Waals surface area contributed by atoms with Crippen LogP contribution < -0.4 is 4.72 Å². The topological polar surface area (TPSA) is 71.5 Å². The highest BCUT2D eigenvalue weighted by Crippen LogP contribution is 2.36. The summed E-state index contributed by atoms with van der Waals surface area (Å²) in [5, 5.41) is -0.150. The molecule has 1 aliphatic carbocycles. The second kappa shape index (κ2) is 6.37. The van der Waals surface area contributed by atoms with Crippen LogP contribution in [-0.2, 0) is 21.3 Å². The summed E-state index contributed by atoms with van der Waals surface area (Å²) in [6, 6.07) is 4.10. The average Bonchev–Trinajstić information content (AvgIpc) is 3.34. The van der Waals surface area contributed by atoms with Crippen molar-refractivity contribution >= 4 is 10.0 Å². The molecule has 132 valence electrons. The Labute approximate surface area is 143 Å². The quantitative estimate of drug-likeness (QED) is 0.865. The van der Waals surface area contributed by atoms with Gasteiger partial charge in [0.05, 0.1) is 10.9 Å². The Morgan fingerprint density at radius 2 is 2.08 bits per heavy atom. The summed E-state index contributed by atoms with van der Waals surface area (Å²) in [7, 11) is -3.12. The van der Waals surface area contributed by atoms with Crippen molar-refractivity contribution in [3.8, 4) is 0 Å². The van der Waals surface area contributed by atoms with E-state index in [1.54, 1.807) is 0 Å². The van der Waals surface area contributed by atoms with Crippen LogP contribution >= 0.6 is 0 Å². The van der Waals surface area contributed by atoms with Crippen molar-refractivity contribution in [2.24, 2.45) is 0 Å². The number of rotatable bonds is 5. The maximum absolute atomic E-state index is 12.2. The molecule has 0 radical (unpaired) electrons. The van der Waals surface area contributed by atoms with E-state index in [0.29, 0.717) is 6.61 Å². The van der Waals surface area contributed by atoms with E-state index in [4.69, 9.17) is 4.74 Å². The fourth-order valence-electron chi connectivity index (χ4n) is 3.93. The summed E-state index contributed by atoms with van der Waals surface area (Å²) in [6.45, 7) is 3.40. The van der Waals surface area contributed by atoms with E-state index in [2.05, 4.69) is 14.6 Å². The lowest BCUT2D eigenvalue weighted by molar-refractivity contribution is -0.0779. The Kier molecular flexibility index (Phi) is 4.36. The minimum absolute atomic E-state index is 0.0187. The Morgan fingerprint density at radius 1 is 1.29 bits per heavy atom. The number of pyridine rings is 1. The molecule has 0 bridgehead atoms. The summed E-state index contributed by atoms with van der Waals surface area (Å²) < 4.78 is 33.5. The molecule has 6 nitrogen and oxygen atoms in total. The zero-order valence-electron chi connectivity index (χ0n) is 13.9. The lowest BCUT2D eigenvalue weighted by atomic mass is 9.90. The average molecular weight is 351 g/mol. The number of likely N-dealkylation sites (tertiary alicyclic amines) is 1. The molecule has 7 heteroatoms. The van der Waals surface area contributed by atoms with Crippen LogP contribution in [-0.4, -0.2) is 54.9 Å². The molecule has 4 rings (SSSR count). The Morgan fingerprint density at radius 3 is 2.83 bits per heavy atom. The van der Waals surface area contributed by atoms with Gasteiger partial charge in [-0.2, -0.15) is 0 Å². The van der Waals surface area contributed by atoms with Crippen molar-refractivity contribution in [2.75, 3.05) is 19.7 Å². The summed E-state index contributed by atoms with van der Waals surface area (Å²) >= 11 is 0. The number of sulfonamides is 1. The minimum atomic E-state index is -3.12. The zero-order valence-corrected chi connectivity index (χ0v) is 14.7. The SMILES string of the molecule is O=S(=O)(N[C@@H]1CCO[C@]2(CCN(Cc3ccncc3)C2)C1)C1CC1. The molecule has 1 aromatic rings. The van der Waals surface area contributed by atoms with Crippen molar-refractivity contribution in [3.63, 3.8) is 0 Å². The molecule has 1 aromatic heterocycles. The molecular weight excluding hydrogens is 326 g/mol. The maximum Gasteiger partial charge on any atom is 0.214 e. The number of hydrogen-bond donors (Lipinski definition) is 1. The third-order valence-electron chi connectivity index (χ3n) is 5.34. The van der Waals surface area contributed by atoms with Gasteiger partial charge in [-0.05, 0) is 49.8 Å². The first-order chi connectivity index (χ1) is 11.5. The summed E-state index contributed by atoms with van der Waals surface area (Å²) in [5.74, 6) is 0. The molecule has 3 aliphatic rings. The first-order valence-corrected chi connectivity index (χ1v) is 10.4. The Balaban J connectivity index is 1.37. The van der Waals surface area contributed by atoms with Gasteiger partial charge < -0.3 is 4.74 Å². The van der Waals surface area contributed by atoms with Crippen LogP contribution in [0.2, 0.25) is 0 Å². The molecular formula is C17H25N3O3S. The van der Waals surface area contributed by atoms with Gasteiger partial charge in [0.2, 0.25) is 10.0 Å². The number of aromatic nitrogens is 1. The second-order valence-corrected chi connectivity index (χ2v) is 9.39. The van der Waals surface area contributed by atoms with Crippen LogP contribution in [0.4, 0.5) is 0 Å². The third-order valence-corrected chi connectivity index (χ3v) is 7.35. The van der Waals surface area contributed by atoms with Gasteiger partial charge in [-0.25, -0.2) is 13.1 Å². The number of ether oxygens (including phenoxy) is 1. The molecule has 24 heavy (non-hydrogen) atoms. The highest BCUT2D eigenvalue weighted by molar-refractivity contribution is 7.90. The molecule has 0 unspecified atom stereocenters. The summed E-state index contributed by atoms with van der Waals surface area (Å²) in [6.07, 6.45) is 7.79. The predicted molar refractivity (Wildman–Crippen MR) is 90.9 cm³/mol. The summed E-state index contributed by atoms with van der Waals surface area (Å²) in [4.78, 5) is 6.45. The number of nitrogens with zero attached hydrogens (tertiary/aromatic N) is 2. The van der Waals surface area contributed by atoms with E-state index < -0.39 is 10.0 Å². The van der Waals surface area contributed by atoms with Crippen molar-refractivity contribution in [1.82, 2.24) is 14.6 Å². The lowest BCUT2D eigenvalue weighted by Gasteiger charge is -2.38. The molecule has 1 spiro atoms. The fourth-order valence-corrected chi connectivity index (χ4v) is 5.54. The number of hydrogen-bond acceptors (Lipinski definition) is 5. The molecule has 0 amide bonds. The van der Waals surface area contributed by atoms with Crippen LogP contribution in [0.1, 0.15) is 37.7 Å². The van der Waals surface area contributed by atoms with Crippen LogP contribution in [0.15, 0.2) is 24.5 Å². The molecule has 2 atom stereocenters. The molecule has 3 fully saturated rings. The number of nitrogens with one attached hydrogen (secondary N) is 1. The van der Waals surface area contributed by atoms with E-state index >= 15 is 0 Å². The Hall–Kier alpha value is -1.02. The lowest BCUT2D eigenvalue weighted by Crippen LogP contribution is -2.50. The van der Waals surface area contributed by atoms with Crippen molar-refractivity contribution in [1.29, 1.82) is 0 Å². The van der Waals surface area contributed by atoms with Crippen LogP contribution in [0.25, 0.3) is 0 Å². The van der Waals surface area contributed by atoms with Gasteiger partial charge in [0.25, 0.3) is 0 Å². The van der Waals surface area contributed by atoms with Gasteiger partial charge in [-0.3, -0.25) is 9.88 Å². The molecule has 1 saturated carbocycles. The summed E-state index contributed by atoms with van der Waals surface area (Å²) in [5.41, 5.74) is 1.06. The zero-order chi connectivity index (χ0) is 16.6. The third kappa shape index (κ3) is 3.64. The predicted octanol–water partition coefficient (Wildman–Crippen LogP) is 1.29. The first kappa shape index (κ1) is 16.4.